The number of aromatic nitrogens is 3. The van der Waals surface area contributed by atoms with Crippen molar-refractivity contribution in [2.24, 2.45) is 5.92 Å². The van der Waals surface area contributed by atoms with Crippen molar-refractivity contribution in [3.63, 3.8) is 0 Å². The second-order valence-corrected chi connectivity index (χ2v) is 9.89. The third kappa shape index (κ3) is 3.64. The van der Waals surface area contributed by atoms with Crippen LogP contribution < -0.4 is 0 Å². The third-order valence-corrected chi connectivity index (χ3v) is 6.91. The number of carboxylic acid groups (broad SMARTS) is 1. The fourth-order valence-electron chi connectivity index (χ4n) is 5.62. The van der Waals surface area contributed by atoms with Gasteiger partial charge in [-0.1, -0.05) is 45.9 Å². The van der Waals surface area contributed by atoms with Gasteiger partial charge in [0.2, 0.25) is 0 Å². The van der Waals surface area contributed by atoms with Gasteiger partial charge in [-0.05, 0) is 47.9 Å². The number of carbonyl (C=O) groups is 2. The lowest BCUT2D eigenvalue weighted by Crippen LogP contribution is -2.50. The minimum Gasteiger partial charge on any atom is -0.478 e. The fourth-order valence-corrected chi connectivity index (χ4v) is 5.62. The number of H-pyrrole nitrogens is 1. The fraction of sp³-hybridized carbons (Fsp3) is 0.250. The number of fused-ring (bicyclic) bond motifs is 3. The minimum absolute atomic E-state index is 0.0585. The Morgan fingerprint density at radius 1 is 1.06 bits per heavy atom. The van der Waals surface area contributed by atoms with Crippen molar-refractivity contribution in [3.05, 3.63) is 90.0 Å². The SMILES string of the molecule is CC(C)C1N(C(=O)c2ccc(-n3cccn3)cc2)C=C(C(=O)O)c2[nH]c3ccccc3c2C1(C)C. The molecule has 2 aromatic carbocycles. The van der Waals surface area contributed by atoms with Crippen LogP contribution in [0.25, 0.3) is 22.2 Å². The molecule has 2 aromatic heterocycles. The van der Waals surface area contributed by atoms with Crippen LogP contribution in [0.1, 0.15) is 49.3 Å². The van der Waals surface area contributed by atoms with Crippen molar-refractivity contribution in [1.29, 1.82) is 0 Å². The zero-order valence-electron chi connectivity index (χ0n) is 20.2. The smallest absolute Gasteiger partial charge is 0.339 e. The van der Waals surface area contributed by atoms with E-state index in [9.17, 15) is 14.7 Å². The molecular weight excluding hydrogens is 440 g/mol. The van der Waals surface area contributed by atoms with E-state index in [4.69, 9.17) is 0 Å². The predicted octanol–water partition coefficient (Wildman–Crippen LogP) is 5.24. The van der Waals surface area contributed by atoms with Gasteiger partial charge in [-0.2, -0.15) is 5.10 Å². The molecule has 1 aliphatic heterocycles. The number of aromatic amines is 1. The molecule has 5 rings (SSSR count). The maximum Gasteiger partial charge on any atom is 0.339 e. The largest absolute Gasteiger partial charge is 0.478 e. The summed E-state index contributed by atoms with van der Waals surface area (Å²) in [6.07, 6.45) is 5.05. The molecule has 7 heteroatoms. The topological polar surface area (TPSA) is 91.2 Å². The Hall–Kier alpha value is -4.13. The molecule has 4 aromatic rings. The summed E-state index contributed by atoms with van der Waals surface area (Å²) in [6, 6.07) is 16.6. The first-order valence-electron chi connectivity index (χ1n) is 11.7. The average molecular weight is 469 g/mol. The van der Waals surface area contributed by atoms with Crippen molar-refractivity contribution in [1.82, 2.24) is 19.7 Å². The van der Waals surface area contributed by atoms with Crippen LogP contribution in [0.2, 0.25) is 0 Å². The van der Waals surface area contributed by atoms with E-state index in [1.165, 1.54) is 6.20 Å². The van der Waals surface area contributed by atoms with E-state index in [1.807, 2.05) is 48.7 Å². The number of amides is 1. The van der Waals surface area contributed by atoms with Gasteiger partial charge in [0.05, 0.1) is 17.0 Å². The van der Waals surface area contributed by atoms with Crippen molar-refractivity contribution in [3.8, 4) is 5.69 Å². The van der Waals surface area contributed by atoms with Crippen molar-refractivity contribution >= 4 is 28.4 Å². The molecule has 0 saturated heterocycles. The maximum atomic E-state index is 13.9. The highest BCUT2D eigenvalue weighted by molar-refractivity contribution is 6.17. The molecule has 35 heavy (non-hydrogen) atoms. The van der Waals surface area contributed by atoms with Crippen LogP contribution in [-0.2, 0) is 10.2 Å². The molecule has 0 aliphatic carbocycles. The van der Waals surface area contributed by atoms with Crippen LogP contribution in [-0.4, -0.2) is 42.7 Å². The maximum absolute atomic E-state index is 13.9. The summed E-state index contributed by atoms with van der Waals surface area (Å²) in [4.78, 5) is 31.3. The third-order valence-electron chi connectivity index (χ3n) is 6.91. The number of benzene rings is 2. The predicted molar refractivity (Wildman–Crippen MR) is 135 cm³/mol. The number of nitrogens with one attached hydrogen (secondary N) is 1. The molecule has 178 valence electrons. The number of rotatable bonds is 4. The van der Waals surface area contributed by atoms with E-state index in [1.54, 1.807) is 27.9 Å². The molecule has 0 bridgehead atoms. The Morgan fingerprint density at radius 2 is 1.77 bits per heavy atom. The van der Waals surface area contributed by atoms with Gasteiger partial charge in [-0.25, -0.2) is 9.48 Å². The number of carbonyl (C=O) groups excluding carboxylic acids is 1. The first-order chi connectivity index (χ1) is 16.7. The van der Waals surface area contributed by atoms with E-state index in [0.717, 1.165) is 22.2 Å². The van der Waals surface area contributed by atoms with Crippen LogP contribution in [0.3, 0.4) is 0 Å². The van der Waals surface area contributed by atoms with Gasteiger partial charge >= 0.3 is 5.97 Å². The summed E-state index contributed by atoms with van der Waals surface area (Å²) >= 11 is 0. The zero-order chi connectivity index (χ0) is 24.9. The van der Waals surface area contributed by atoms with Crippen LogP contribution in [0.4, 0.5) is 0 Å². The molecular formula is C28H28N4O3. The molecule has 2 N–H and O–H groups in total. The highest BCUT2D eigenvalue weighted by atomic mass is 16.4. The van der Waals surface area contributed by atoms with Gasteiger partial charge in [0.25, 0.3) is 5.91 Å². The number of hydrogen-bond acceptors (Lipinski definition) is 3. The second-order valence-electron chi connectivity index (χ2n) is 9.89. The van der Waals surface area contributed by atoms with Gasteiger partial charge in [0.15, 0.2) is 0 Å². The molecule has 0 saturated carbocycles. The highest BCUT2D eigenvalue weighted by Crippen LogP contribution is 2.45. The minimum atomic E-state index is -1.08. The Morgan fingerprint density at radius 3 is 2.40 bits per heavy atom. The van der Waals surface area contributed by atoms with Crippen LogP contribution in [0.15, 0.2) is 73.2 Å². The van der Waals surface area contributed by atoms with Crippen molar-refractivity contribution in [2.45, 2.75) is 39.2 Å². The molecule has 0 radical (unpaired) electrons. The number of nitrogens with zero attached hydrogens (tertiary/aromatic N) is 3. The standard InChI is InChI=1S/C28H28N4O3/c1-17(2)25-28(3,4)23-20-8-5-6-9-22(20)30-24(23)21(27(34)35)16-31(25)26(33)18-10-12-19(13-11-18)32-15-7-14-29-32/h5-17,25,30H,1-4H3,(H,34,35). The van der Waals surface area contributed by atoms with Gasteiger partial charge in [-0.15, -0.1) is 0 Å². The number of carboxylic acids is 1. The summed E-state index contributed by atoms with van der Waals surface area (Å²) < 4.78 is 1.72. The summed E-state index contributed by atoms with van der Waals surface area (Å²) in [6.45, 7) is 8.33. The highest BCUT2D eigenvalue weighted by Gasteiger charge is 2.45. The van der Waals surface area contributed by atoms with Crippen LogP contribution >= 0.6 is 0 Å². The molecule has 1 aliphatic rings. The van der Waals surface area contributed by atoms with Gasteiger partial charge in [0.1, 0.15) is 0 Å². The first-order valence-corrected chi connectivity index (χ1v) is 11.7. The lowest BCUT2D eigenvalue weighted by Gasteiger charge is -2.42. The number of aliphatic carboxylic acids is 1. The lowest BCUT2D eigenvalue weighted by molar-refractivity contribution is -0.130. The summed E-state index contributed by atoms with van der Waals surface area (Å²) in [5, 5.41) is 15.4. The monoisotopic (exact) mass is 468 g/mol. The molecule has 0 spiro atoms. The zero-order valence-corrected chi connectivity index (χ0v) is 20.2. The Bertz CT molecular complexity index is 1440. The Labute approximate surface area is 203 Å². The Balaban J connectivity index is 1.67. The lowest BCUT2D eigenvalue weighted by atomic mass is 9.71. The van der Waals surface area contributed by atoms with E-state index >= 15 is 0 Å². The first kappa shape index (κ1) is 22.7. The molecule has 7 nitrogen and oxygen atoms in total. The van der Waals surface area contributed by atoms with E-state index in [2.05, 4.69) is 37.8 Å². The van der Waals surface area contributed by atoms with Gasteiger partial charge < -0.3 is 15.0 Å². The molecule has 1 amide bonds. The van der Waals surface area contributed by atoms with E-state index in [-0.39, 0.29) is 23.4 Å². The number of hydrogen-bond donors (Lipinski definition) is 2. The normalized spacial score (nSPS) is 17.2. The van der Waals surface area contributed by atoms with Crippen LogP contribution in [0.5, 0.6) is 0 Å². The summed E-state index contributed by atoms with van der Waals surface area (Å²) in [7, 11) is 0. The summed E-state index contributed by atoms with van der Waals surface area (Å²) in [5.41, 5.74) is 3.22. The van der Waals surface area contributed by atoms with Crippen molar-refractivity contribution < 1.29 is 14.7 Å². The van der Waals surface area contributed by atoms with Crippen molar-refractivity contribution in [2.75, 3.05) is 0 Å². The second kappa shape index (κ2) is 8.27. The molecule has 0 fully saturated rings. The van der Waals surface area contributed by atoms with Gasteiger partial charge in [-0.3, -0.25) is 4.79 Å². The molecule has 1 unspecified atom stereocenters. The number of para-hydroxylation sites is 1. The quantitative estimate of drug-likeness (QED) is 0.429. The van der Waals surface area contributed by atoms with E-state index < -0.39 is 11.4 Å². The summed E-state index contributed by atoms with van der Waals surface area (Å²) in [5.74, 6) is -1.26. The van der Waals surface area contributed by atoms with E-state index in [0.29, 0.717) is 11.3 Å². The Kier molecular flexibility index (Phi) is 5.35. The average Bonchev–Trinajstić information content (AvgIpc) is 3.47. The molecule has 1 atom stereocenters. The van der Waals surface area contributed by atoms with Gasteiger partial charge in [0, 0.05) is 46.5 Å². The molecule has 3 heterocycles. The van der Waals surface area contributed by atoms with Crippen LogP contribution in [0, 0.1) is 5.92 Å².